The summed E-state index contributed by atoms with van der Waals surface area (Å²) in [4.78, 5) is 27.8. The number of hydrogen-bond donors (Lipinski definition) is 1. The number of benzene rings is 2. The molecule has 3 heterocycles. The van der Waals surface area contributed by atoms with Gasteiger partial charge in [-0.15, -0.1) is 13.2 Å². The number of oxazole rings is 1. The second-order valence-electron chi connectivity index (χ2n) is 8.57. The molecule has 11 heteroatoms. The molecule has 180 valence electrons. The first-order valence-electron chi connectivity index (χ1n) is 10.4. The van der Waals surface area contributed by atoms with Crippen LogP contribution in [0.3, 0.4) is 0 Å². The lowest BCUT2D eigenvalue weighted by Crippen LogP contribution is -2.18. The smallest absolute Gasteiger partial charge is 0.492 e. The Bertz CT molecular complexity index is 1380. The number of thioether (sulfide) groups is 1. The highest BCUT2D eigenvalue weighted by Crippen LogP contribution is 2.49. The molecule has 35 heavy (non-hydrogen) atoms. The quantitative estimate of drug-likeness (QED) is 0.444. The Morgan fingerprint density at radius 2 is 1.97 bits per heavy atom. The second kappa shape index (κ2) is 8.19. The maximum Gasteiger partial charge on any atom is 0.573 e. The summed E-state index contributed by atoms with van der Waals surface area (Å²) in [6.07, 6.45) is -0.637. The Hall–Kier alpha value is -3.73. The van der Waals surface area contributed by atoms with Crippen molar-refractivity contribution in [1.29, 1.82) is 0 Å². The van der Waals surface area contributed by atoms with Crippen molar-refractivity contribution in [2.24, 2.45) is 0 Å². The highest BCUT2D eigenvalue weighted by molar-refractivity contribution is 8.18. The lowest BCUT2D eigenvalue weighted by Gasteiger charge is -2.18. The fourth-order valence-corrected chi connectivity index (χ4v) is 4.62. The zero-order chi connectivity index (χ0) is 25.0. The zero-order valence-corrected chi connectivity index (χ0v) is 19.2. The van der Waals surface area contributed by atoms with Crippen LogP contribution in [0.25, 0.3) is 28.7 Å². The third kappa shape index (κ3) is 4.51. The van der Waals surface area contributed by atoms with Crippen LogP contribution < -0.4 is 14.8 Å². The van der Waals surface area contributed by atoms with E-state index in [9.17, 15) is 22.8 Å². The molecule has 2 aliphatic heterocycles. The number of hydrogen-bond acceptors (Lipinski definition) is 7. The van der Waals surface area contributed by atoms with E-state index in [2.05, 4.69) is 15.0 Å². The van der Waals surface area contributed by atoms with E-state index < -0.39 is 28.7 Å². The van der Waals surface area contributed by atoms with Gasteiger partial charge in [-0.2, -0.15) is 0 Å². The molecule has 5 rings (SSSR count). The van der Waals surface area contributed by atoms with E-state index in [1.54, 1.807) is 6.07 Å². The predicted molar refractivity (Wildman–Crippen MR) is 122 cm³/mol. The molecule has 0 radical (unpaired) electrons. The fraction of sp³-hybridized carbons (Fsp3) is 0.208. The number of imide groups is 1. The van der Waals surface area contributed by atoms with Crippen LogP contribution in [0.1, 0.15) is 25.0 Å². The highest BCUT2D eigenvalue weighted by Gasteiger charge is 2.37. The van der Waals surface area contributed by atoms with Crippen molar-refractivity contribution in [1.82, 2.24) is 10.3 Å². The summed E-state index contributed by atoms with van der Waals surface area (Å²) >= 11 is 0.710. The SMILES string of the molecule is CC1(C)COc2c(-c3cc(/C=C4/SC(=O)NC4=O)ccc3OC(F)(F)F)cc(-c3ncco3)cc21. The molecule has 0 saturated carbocycles. The molecule has 7 nitrogen and oxygen atoms in total. The second-order valence-corrected chi connectivity index (χ2v) is 9.58. The van der Waals surface area contributed by atoms with Crippen LogP contribution in [0, 0.1) is 0 Å². The number of nitrogens with zero attached hydrogens (tertiary/aromatic N) is 1. The van der Waals surface area contributed by atoms with Crippen LogP contribution in [0.5, 0.6) is 11.5 Å². The Morgan fingerprint density at radius 1 is 1.17 bits per heavy atom. The Morgan fingerprint density at radius 3 is 2.63 bits per heavy atom. The first-order valence-corrected chi connectivity index (χ1v) is 11.2. The monoisotopic (exact) mass is 502 g/mol. The van der Waals surface area contributed by atoms with E-state index in [0.29, 0.717) is 46.7 Å². The van der Waals surface area contributed by atoms with E-state index in [4.69, 9.17) is 9.15 Å². The Labute approximate surface area is 201 Å². The molecule has 1 aromatic heterocycles. The molecule has 1 fully saturated rings. The molecule has 2 aliphatic rings. The Balaban J connectivity index is 1.72. The third-order valence-corrected chi connectivity index (χ3v) is 6.34. The lowest BCUT2D eigenvalue weighted by atomic mass is 9.84. The standard InChI is InChI=1S/C24H17F3N2O5S/c1-23(2)11-33-19-15(9-13(10-16(19)23)21-28-5-6-32-21)14-7-12(3-4-17(14)34-24(25,26)27)8-18-20(30)29-22(31)35-18/h3-10H,11H2,1-2H3,(H,29,30,31)/b18-8+. The van der Waals surface area contributed by atoms with Crippen LogP contribution in [0.4, 0.5) is 18.0 Å². The van der Waals surface area contributed by atoms with Crippen molar-refractivity contribution in [2.75, 3.05) is 6.61 Å². The molecule has 0 unspecified atom stereocenters. The molecule has 1 saturated heterocycles. The first kappa shape index (κ1) is 23.0. The van der Waals surface area contributed by atoms with E-state index in [1.165, 1.54) is 36.7 Å². The summed E-state index contributed by atoms with van der Waals surface area (Å²) in [6, 6.07) is 7.46. The molecular weight excluding hydrogens is 485 g/mol. The van der Waals surface area contributed by atoms with Gasteiger partial charge in [0.15, 0.2) is 0 Å². The number of alkyl halides is 3. The van der Waals surface area contributed by atoms with Gasteiger partial charge in [0.05, 0.1) is 17.7 Å². The van der Waals surface area contributed by atoms with Gasteiger partial charge in [-0.3, -0.25) is 14.9 Å². The average molecular weight is 502 g/mol. The van der Waals surface area contributed by atoms with Crippen molar-refractivity contribution in [3.05, 3.63) is 58.8 Å². The van der Waals surface area contributed by atoms with Crippen LogP contribution in [-0.2, 0) is 10.2 Å². The number of ether oxygens (including phenoxy) is 2. The zero-order valence-electron chi connectivity index (χ0n) is 18.4. The molecule has 0 bridgehead atoms. The van der Waals surface area contributed by atoms with E-state index in [1.807, 2.05) is 19.9 Å². The highest BCUT2D eigenvalue weighted by atomic mass is 32.2. The normalized spacial score (nSPS) is 17.9. The van der Waals surface area contributed by atoms with E-state index >= 15 is 0 Å². The summed E-state index contributed by atoms with van der Waals surface area (Å²) in [5.41, 5.74) is 1.75. The Kier molecular flexibility index (Phi) is 5.39. The molecule has 2 amide bonds. The topological polar surface area (TPSA) is 90.7 Å². The minimum absolute atomic E-state index is 0.0914. The van der Waals surface area contributed by atoms with Gasteiger partial charge in [-0.1, -0.05) is 19.9 Å². The number of carbonyl (C=O) groups excluding carboxylic acids is 2. The van der Waals surface area contributed by atoms with Crippen molar-refractivity contribution in [2.45, 2.75) is 25.6 Å². The largest absolute Gasteiger partial charge is 0.573 e. The summed E-state index contributed by atoms with van der Waals surface area (Å²) in [5, 5.41) is 1.63. The number of rotatable bonds is 4. The molecule has 0 aliphatic carbocycles. The van der Waals surface area contributed by atoms with E-state index in [0.717, 1.165) is 5.56 Å². The van der Waals surface area contributed by atoms with Gasteiger partial charge in [0, 0.05) is 27.7 Å². The van der Waals surface area contributed by atoms with Crippen molar-refractivity contribution >= 4 is 29.0 Å². The van der Waals surface area contributed by atoms with Gasteiger partial charge in [0.1, 0.15) is 17.8 Å². The van der Waals surface area contributed by atoms with Gasteiger partial charge >= 0.3 is 6.36 Å². The number of aromatic nitrogens is 1. The number of amides is 2. The van der Waals surface area contributed by atoms with Crippen molar-refractivity contribution < 1.29 is 36.7 Å². The van der Waals surface area contributed by atoms with Crippen molar-refractivity contribution in [3.63, 3.8) is 0 Å². The van der Waals surface area contributed by atoms with Gasteiger partial charge in [-0.05, 0) is 47.7 Å². The summed E-state index contributed by atoms with van der Waals surface area (Å²) < 4.78 is 55.5. The van der Waals surface area contributed by atoms with E-state index in [-0.39, 0.29) is 10.5 Å². The molecule has 0 atom stereocenters. The van der Waals surface area contributed by atoms with Crippen LogP contribution in [0.15, 0.2) is 52.1 Å². The number of fused-ring (bicyclic) bond motifs is 1. The van der Waals surface area contributed by atoms with Crippen molar-refractivity contribution in [3.8, 4) is 34.1 Å². The number of nitrogens with one attached hydrogen (secondary N) is 1. The first-order chi connectivity index (χ1) is 16.5. The molecular formula is C24H17F3N2O5S. The molecule has 2 aromatic carbocycles. The minimum Gasteiger partial charge on any atom is -0.492 e. The van der Waals surface area contributed by atoms with Crippen LogP contribution in [0.2, 0.25) is 0 Å². The summed E-state index contributed by atoms with van der Waals surface area (Å²) in [6.45, 7) is 4.24. The van der Waals surface area contributed by atoms with Gasteiger partial charge in [-0.25, -0.2) is 4.98 Å². The van der Waals surface area contributed by atoms with Crippen LogP contribution >= 0.6 is 11.8 Å². The summed E-state index contributed by atoms with van der Waals surface area (Å²) in [7, 11) is 0. The lowest BCUT2D eigenvalue weighted by molar-refractivity contribution is -0.274. The third-order valence-electron chi connectivity index (χ3n) is 5.53. The molecule has 0 spiro atoms. The molecule has 3 aromatic rings. The predicted octanol–water partition coefficient (Wildman–Crippen LogP) is 5.90. The van der Waals surface area contributed by atoms with Crippen LogP contribution in [-0.4, -0.2) is 29.1 Å². The average Bonchev–Trinajstić information content (AvgIpc) is 3.48. The fourth-order valence-electron chi connectivity index (χ4n) is 3.94. The summed E-state index contributed by atoms with van der Waals surface area (Å²) in [5.74, 6) is -0.301. The van der Waals surface area contributed by atoms with Gasteiger partial charge in [0.2, 0.25) is 5.89 Å². The van der Waals surface area contributed by atoms with Gasteiger partial charge in [0.25, 0.3) is 11.1 Å². The maximum atomic E-state index is 13.3. The molecule has 1 N–H and O–H groups in total. The number of carbonyl (C=O) groups is 2. The maximum absolute atomic E-state index is 13.3. The minimum atomic E-state index is -4.94. The van der Waals surface area contributed by atoms with Gasteiger partial charge < -0.3 is 13.9 Å². The number of halogens is 3.